The molecule has 1 aliphatic heterocycles. The topological polar surface area (TPSA) is 79.0 Å². The van der Waals surface area contributed by atoms with Crippen LogP contribution in [0.5, 0.6) is 0 Å². The van der Waals surface area contributed by atoms with Gasteiger partial charge in [0.2, 0.25) is 0 Å². The molecule has 0 unspecified atom stereocenters. The number of piperazine rings is 1. The highest BCUT2D eigenvalue weighted by Crippen LogP contribution is 2.20. The zero-order valence-corrected chi connectivity index (χ0v) is 15.3. The Bertz CT molecular complexity index is 642. The number of nitrogens with zero attached hydrogens (tertiary/aromatic N) is 2. The Balaban J connectivity index is 1.90. The average Bonchev–Trinajstić information content (AvgIpc) is 2.57. The van der Waals surface area contributed by atoms with Gasteiger partial charge in [-0.3, -0.25) is 9.59 Å². The molecule has 1 saturated heterocycles. The van der Waals surface area contributed by atoms with E-state index in [9.17, 15) is 14.4 Å². The average molecular weight is 398 g/mol. The Morgan fingerprint density at radius 3 is 2.38 bits per heavy atom. The van der Waals surface area contributed by atoms with Gasteiger partial charge in [0.15, 0.2) is 0 Å². The second-order valence-corrected chi connectivity index (χ2v) is 6.31. The molecule has 2 rings (SSSR count). The summed E-state index contributed by atoms with van der Waals surface area (Å²) >= 11 is 3.35. The smallest absolute Gasteiger partial charge is 0.409 e. The standard InChI is InChI=1S/C16H20BrN3O4/c1-3-24-16(23)20-8-6-19(7-9-20)15(22)14(21)18-13-5-4-12(17)10-11(13)2/h4-5,10H,3,6-9H2,1-2H3,(H,18,21). The van der Waals surface area contributed by atoms with Gasteiger partial charge < -0.3 is 19.9 Å². The Morgan fingerprint density at radius 2 is 1.79 bits per heavy atom. The minimum absolute atomic E-state index is 0.310. The van der Waals surface area contributed by atoms with Crippen LogP contribution in [-0.4, -0.2) is 60.5 Å². The van der Waals surface area contributed by atoms with Crippen LogP contribution in [-0.2, 0) is 14.3 Å². The maximum atomic E-state index is 12.3. The number of anilines is 1. The van der Waals surface area contributed by atoms with Crippen LogP contribution in [0.25, 0.3) is 0 Å². The van der Waals surface area contributed by atoms with Crippen molar-refractivity contribution in [2.45, 2.75) is 13.8 Å². The Kier molecular flexibility index (Phi) is 6.19. The van der Waals surface area contributed by atoms with Gasteiger partial charge in [-0.15, -0.1) is 0 Å². The van der Waals surface area contributed by atoms with E-state index >= 15 is 0 Å². The zero-order valence-electron chi connectivity index (χ0n) is 13.7. The van der Waals surface area contributed by atoms with E-state index in [0.29, 0.717) is 38.5 Å². The lowest BCUT2D eigenvalue weighted by molar-refractivity contribution is -0.144. The van der Waals surface area contributed by atoms with E-state index in [-0.39, 0.29) is 6.09 Å². The predicted octanol–water partition coefficient (Wildman–Crippen LogP) is 2.00. The van der Waals surface area contributed by atoms with Gasteiger partial charge in [0.25, 0.3) is 0 Å². The molecule has 0 aromatic heterocycles. The number of ether oxygens (including phenoxy) is 1. The molecule has 3 amide bonds. The molecule has 130 valence electrons. The van der Waals surface area contributed by atoms with Crippen molar-refractivity contribution in [2.24, 2.45) is 0 Å². The molecule has 1 N–H and O–H groups in total. The number of hydrogen-bond acceptors (Lipinski definition) is 4. The number of hydrogen-bond donors (Lipinski definition) is 1. The number of aryl methyl sites for hydroxylation is 1. The highest BCUT2D eigenvalue weighted by Gasteiger charge is 2.28. The molecule has 1 heterocycles. The first kappa shape index (κ1) is 18.3. The molecule has 8 heteroatoms. The van der Waals surface area contributed by atoms with Crippen LogP contribution in [0.4, 0.5) is 10.5 Å². The number of carbonyl (C=O) groups is 3. The lowest BCUT2D eigenvalue weighted by atomic mass is 10.2. The van der Waals surface area contributed by atoms with Crippen molar-refractivity contribution in [3.63, 3.8) is 0 Å². The predicted molar refractivity (Wildman–Crippen MR) is 92.7 cm³/mol. The molecule has 24 heavy (non-hydrogen) atoms. The number of halogens is 1. The van der Waals surface area contributed by atoms with Gasteiger partial charge in [-0.2, -0.15) is 0 Å². The van der Waals surface area contributed by atoms with Crippen LogP contribution in [0.15, 0.2) is 22.7 Å². The maximum Gasteiger partial charge on any atom is 0.409 e. The van der Waals surface area contributed by atoms with Crippen molar-refractivity contribution < 1.29 is 19.1 Å². The lowest BCUT2D eigenvalue weighted by Crippen LogP contribution is -2.53. The van der Waals surface area contributed by atoms with Gasteiger partial charge in [0, 0.05) is 36.3 Å². The SMILES string of the molecule is CCOC(=O)N1CCN(C(=O)C(=O)Nc2ccc(Br)cc2C)CC1. The molecule has 0 aliphatic carbocycles. The fourth-order valence-electron chi connectivity index (χ4n) is 2.39. The molecule has 1 aromatic carbocycles. The number of rotatable bonds is 2. The second-order valence-electron chi connectivity index (χ2n) is 5.39. The van der Waals surface area contributed by atoms with Gasteiger partial charge in [-0.1, -0.05) is 15.9 Å². The van der Waals surface area contributed by atoms with E-state index in [0.717, 1.165) is 10.0 Å². The third-order valence-electron chi connectivity index (χ3n) is 3.72. The Labute approximate surface area is 149 Å². The quantitative estimate of drug-likeness (QED) is 0.773. The molecule has 0 saturated carbocycles. The molecule has 0 bridgehead atoms. The third kappa shape index (κ3) is 4.47. The Morgan fingerprint density at radius 1 is 1.17 bits per heavy atom. The van der Waals surface area contributed by atoms with Gasteiger partial charge >= 0.3 is 17.9 Å². The van der Waals surface area contributed by atoms with Gasteiger partial charge in [-0.05, 0) is 37.6 Å². The van der Waals surface area contributed by atoms with Crippen LogP contribution in [0, 0.1) is 6.92 Å². The van der Waals surface area contributed by atoms with Crippen molar-refractivity contribution in [1.82, 2.24) is 9.80 Å². The molecular formula is C16H20BrN3O4. The lowest BCUT2D eigenvalue weighted by Gasteiger charge is -2.33. The largest absolute Gasteiger partial charge is 0.450 e. The van der Waals surface area contributed by atoms with Crippen molar-refractivity contribution in [3.8, 4) is 0 Å². The summed E-state index contributed by atoms with van der Waals surface area (Å²) in [5, 5.41) is 2.63. The van der Waals surface area contributed by atoms with E-state index in [1.807, 2.05) is 13.0 Å². The van der Waals surface area contributed by atoms with Crippen LogP contribution in [0.3, 0.4) is 0 Å². The summed E-state index contributed by atoms with van der Waals surface area (Å²) in [6.07, 6.45) is -0.389. The molecule has 0 spiro atoms. The Hall–Kier alpha value is -2.09. The monoisotopic (exact) mass is 397 g/mol. The van der Waals surface area contributed by atoms with Crippen LogP contribution >= 0.6 is 15.9 Å². The molecule has 1 aromatic rings. The highest BCUT2D eigenvalue weighted by molar-refractivity contribution is 9.10. The summed E-state index contributed by atoms with van der Waals surface area (Å²) in [5.74, 6) is -1.27. The first-order chi connectivity index (χ1) is 11.4. The summed E-state index contributed by atoms with van der Waals surface area (Å²) in [7, 11) is 0. The minimum atomic E-state index is -0.676. The van der Waals surface area contributed by atoms with Crippen molar-refractivity contribution in [1.29, 1.82) is 0 Å². The van der Waals surface area contributed by atoms with Crippen molar-refractivity contribution >= 4 is 39.5 Å². The first-order valence-electron chi connectivity index (χ1n) is 7.70. The summed E-state index contributed by atoms with van der Waals surface area (Å²) in [6.45, 7) is 5.24. The summed E-state index contributed by atoms with van der Waals surface area (Å²) < 4.78 is 5.83. The molecule has 7 nitrogen and oxygen atoms in total. The number of carbonyl (C=O) groups excluding carboxylic acids is 3. The van der Waals surface area contributed by atoms with Crippen LogP contribution in [0.1, 0.15) is 12.5 Å². The number of nitrogens with one attached hydrogen (secondary N) is 1. The summed E-state index contributed by atoms with van der Waals surface area (Å²) in [4.78, 5) is 39.0. The third-order valence-corrected chi connectivity index (χ3v) is 4.22. The van der Waals surface area contributed by atoms with E-state index in [1.165, 1.54) is 9.80 Å². The van der Waals surface area contributed by atoms with E-state index in [2.05, 4.69) is 21.2 Å². The van der Waals surface area contributed by atoms with Crippen molar-refractivity contribution in [3.05, 3.63) is 28.2 Å². The van der Waals surface area contributed by atoms with E-state index < -0.39 is 11.8 Å². The minimum Gasteiger partial charge on any atom is -0.450 e. The first-order valence-corrected chi connectivity index (χ1v) is 8.49. The van der Waals surface area contributed by atoms with Crippen molar-refractivity contribution in [2.75, 3.05) is 38.1 Å². The second kappa shape index (κ2) is 8.14. The van der Waals surface area contributed by atoms with Crippen LogP contribution < -0.4 is 5.32 Å². The highest BCUT2D eigenvalue weighted by atomic mass is 79.9. The maximum absolute atomic E-state index is 12.3. The van der Waals surface area contributed by atoms with E-state index in [4.69, 9.17) is 4.74 Å². The molecule has 1 fully saturated rings. The van der Waals surface area contributed by atoms with E-state index in [1.54, 1.807) is 19.1 Å². The van der Waals surface area contributed by atoms with Gasteiger partial charge in [0.1, 0.15) is 0 Å². The van der Waals surface area contributed by atoms with Gasteiger partial charge in [0.05, 0.1) is 6.61 Å². The number of amides is 3. The fourth-order valence-corrected chi connectivity index (χ4v) is 2.87. The summed E-state index contributed by atoms with van der Waals surface area (Å²) in [6, 6.07) is 5.40. The molecular weight excluding hydrogens is 378 g/mol. The zero-order chi connectivity index (χ0) is 17.7. The van der Waals surface area contributed by atoms with Crippen LogP contribution in [0.2, 0.25) is 0 Å². The fraction of sp³-hybridized carbons (Fsp3) is 0.438. The van der Waals surface area contributed by atoms with Gasteiger partial charge in [-0.25, -0.2) is 4.79 Å². The molecule has 1 aliphatic rings. The molecule has 0 atom stereocenters. The molecule has 0 radical (unpaired) electrons. The summed E-state index contributed by atoms with van der Waals surface area (Å²) in [5.41, 5.74) is 1.46. The normalized spacial score (nSPS) is 14.3. The number of benzene rings is 1.